The number of phenols is 1. The maximum atomic E-state index is 12.7. The van der Waals surface area contributed by atoms with Crippen LogP contribution < -0.4 is 5.73 Å². The molecule has 1 aromatic carbocycles. The number of nitrogens with two attached hydrogens (primary N) is 1. The summed E-state index contributed by atoms with van der Waals surface area (Å²) in [7, 11) is 0. The molecule has 0 bridgehead atoms. The van der Waals surface area contributed by atoms with Crippen molar-refractivity contribution in [1.29, 1.82) is 5.41 Å². The van der Waals surface area contributed by atoms with Crippen LogP contribution >= 0.6 is 0 Å². The van der Waals surface area contributed by atoms with E-state index in [1.165, 1.54) is 19.1 Å². The highest BCUT2D eigenvalue weighted by molar-refractivity contribution is 5.85. The Bertz CT molecular complexity index is 688. The van der Waals surface area contributed by atoms with Crippen molar-refractivity contribution in [3.05, 3.63) is 41.0 Å². The first-order valence-corrected chi connectivity index (χ1v) is 5.92. The topological polar surface area (TPSA) is 83.0 Å². The zero-order valence-electron chi connectivity index (χ0n) is 11.0. The SMILES string of the molecule is Cc1cc(C(F)(F)F)cc(O)c1-c1ccc(C=N)c(N)n1. The number of nitrogens with zero attached hydrogens (tertiary/aromatic N) is 1. The molecule has 110 valence electrons. The van der Waals surface area contributed by atoms with Gasteiger partial charge in [0.15, 0.2) is 0 Å². The fourth-order valence-electron chi connectivity index (χ4n) is 2.01. The maximum absolute atomic E-state index is 12.7. The summed E-state index contributed by atoms with van der Waals surface area (Å²) in [5, 5.41) is 17.0. The van der Waals surface area contributed by atoms with Crippen molar-refractivity contribution in [3.8, 4) is 17.0 Å². The van der Waals surface area contributed by atoms with Crippen molar-refractivity contribution < 1.29 is 18.3 Å². The Morgan fingerprint density at radius 1 is 1.29 bits per heavy atom. The van der Waals surface area contributed by atoms with Gasteiger partial charge >= 0.3 is 6.18 Å². The van der Waals surface area contributed by atoms with Crippen LogP contribution in [0, 0.1) is 12.3 Å². The van der Waals surface area contributed by atoms with Gasteiger partial charge in [-0.15, -0.1) is 0 Å². The number of hydrogen-bond donors (Lipinski definition) is 3. The van der Waals surface area contributed by atoms with E-state index >= 15 is 0 Å². The smallest absolute Gasteiger partial charge is 0.416 e. The van der Waals surface area contributed by atoms with Crippen LogP contribution in [0.15, 0.2) is 24.3 Å². The number of alkyl halides is 3. The molecule has 1 aromatic heterocycles. The van der Waals surface area contributed by atoms with Gasteiger partial charge < -0.3 is 16.2 Å². The number of halogens is 3. The summed E-state index contributed by atoms with van der Waals surface area (Å²) in [6, 6.07) is 4.61. The first kappa shape index (κ1) is 14.8. The minimum atomic E-state index is -4.53. The number of benzene rings is 1. The van der Waals surface area contributed by atoms with E-state index in [4.69, 9.17) is 11.1 Å². The highest BCUT2D eigenvalue weighted by Crippen LogP contribution is 2.38. The van der Waals surface area contributed by atoms with Crippen LogP contribution in [0.3, 0.4) is 0 Å². The van der Waals surface area contributed by atoms with Crippen molar-refractivity contribution in [1.82, 2.24) is 4.98 Å². The average molecular weight is 295 g/mol. The highest BCUT2D eigenvalue weighted by Gasteiger charge is 2.32. The maximum Gasteiger partial charge on any atom is 0.416 e. The van der Waals surface area contributed by atoms with E-state index in [-0.39, 0.29) is 22.6 Å². The summed E-state index contributed by atoms with van der Waals surface area (Å²) in [5.74, 6) is -0.446. The van der Waals surface area contributed by atoms with E-state index in [0.717, 1.165) is 12.3 Å². The summed E-state index contributed by atoms with van der Waals surface area (Å²) in [5.41, 5.74) is 5.78. The Balaban J connectivity index is 2.60. The summed E-state index contributed by atoms with van der Waals surface area (Å²) in [6.07, 6.45) is -3.51. The van der Waals surface area contributed by atoms with Crippen LogP contribution in [0.25, 0.3) is 11.3 Å². The largest absolute Gasteiger partial charge is 0.507 e. The molecule has 0 aliphatic heterocycles. The molecule has 0 saturated heterocycles. The van der Waals surface area contributed by atoms with Gasteiger partial charge in [-0.05, 0) is 36.8 Å². The van der Waals surface area contributed by atoms with Crippen LogP contribution in [0.2, 0.25) is 0 Å². The molecule has 2 aromatic rings. The van der Waals surface area contributed by atoms with Gasteiger partial charge in [-0.1, -0.05) is 0 Å². The molecule has 2 rings (SSSR count). The lowest BCUT2D eigenvalue weighted by molar-refractivity contribution is -0.137. The van der Waals surface area contributed by atoms with Gasteiger partial charge in [-0.25, -0.2) is 4.98 Å². The third kappa shape index (κ3) is 2.81. The van der Waals surface area contributed by atoms with Crippen LogP contribution in [0.4, 0.5) is 19.0 Å². The van der Waals surface area contributed by atoms with Crippen molar-refractivity contribution in [3.63, 3.8) is 0 Å². The highest BCUT2D eigenvalue weighted by atomic mass is 19.4. The van der Waals surface area contributed by atoms with E-state index in [9.17, 15) is 18.3 Å². The second kappa shape index (κ2) is 5.08. The van der Waals surface area contributed by atoms with E-state index in [0.29, 0.717) is 11.6 Å². The predicted molar refractivity (Wildman–Crippen MR) is 73.4 cm³/mol. The molecule has 0 spiro atoms. The number of aromatic hydroxyl groups is 1. The molecular formula is C14H12F3N3O. The molecule has 4 N–H and O–H groups in total. The molecule has 4 nitrogen and oxygen atoms in total. The number of hydrogen-bond acceptors (Lipinski definition) is 4. The van der Waals surface area contributed by atoms with Crippen molar-refractivity contribution in [2.24, 2.45) is 0 Å². The van der Waals surface area contributed by atoms with Crippen LogP contribution in [0.1, 0.15) is 16.7 Å². The Hall–Kier alpha value is -2.57. The summed E-state index contributed by atoms with van der Waals surface area (Å²) in [4.78, 5) is 4.01. The third-order valence-electron chi connectivity index (χ3n) is 3.01. The van der Waals surface area contributed by atoms with Crippen LogP contribution in [0.5, 0.6) is 5.75 Å². The monoisotopic (exact) mass is 295 g/mol. The van der Waals surface area contributed by atoms with Gasteiger partial charge in [0.05, 0.1) is 11.3 Å². The van der Waals surface area contributed by atoms with Gasteiger partial charge in [0.2, 0.25) is 0 Å². The molecule has 0 amide bonds. The van der Waals surface area contributed by atoms with Crippen molar-refractivity contribution in [2.45, 2.75) is 13.1 Å². The molecule has 0 fully saturated rings. The molecule has 0 saturated carbocycles. The summed E-state index contributed by atoms with van der Waals surface area (Å²) in [6.45, 7) is 1.45. The van der Waals surface area contributed by atoms with Crippen molar-refractivity contribution in [2.75, 3.05) is 5.73 Å². The number of aryl methyl sites for hydroxylation is 1. The fourth-order valence-corrected chi connectivity index (χ4v) is 2.01. The van der Waals surface area contributed by atoms with Gasteiger partial charge in [-0.3, -0.25) is 0 Å². The van der Waals surface area contributed by atoms with Crippen LogP contribution in [-0.4, -0.2) is 16.3 Å². The second-order valence-electron chi connectivity index (χ2n) is 4.50. The standard InChI is InChI=1S/C14H12F3N3O/c1-7-4-9(14(15,16)17)5-11(21)12(7)10-3-2-8(6-18)13(19)20-10/h2-6,18,21H,1H3,(H2,19,20). The fraction of sp³-hybridized carbons (Fsp3) is 0.143. The molecular weight excluding hydrogens is 283 g/mol. The number of nitrogens with one attached hydrogen (secondary N) is 1. The molecule has 21 heavy (non-hydrogen) atoms. The van der Waals surface area contributed by atoms with Gasteiger partial charge in [-0.2, -0.15) is 13.2 Å². The lowest BCUT2D eigenvalue weighted by atomic mass is 10.00. The quantitative estimate of drug-likeness (QED) is 0.743. The van der Waals surface area contributed by atoms with E-state index in [1.807, 2.05) is 0 Å². The third-order valence-corrected chi connectivity index (χ3v) is 3.01. The minimum absolute atomic E-state index is 0.0706. The number of aromatic nitrogens is 1. The number of pyridine rings is 1. The number of phenolic OH excluding ortho intramolecular Hbond substituents is 1. The van der Waals surface area contributed by atoms with Gasteiger partial charge in [0.1, 0.15) is 11.6 Å². The Morgan fingerprint density at radius 2 is 1.95 bits per heavy atom. The second-order valence-corrected chi connectivity index (χ2v) is 4.50. The molecule has 1 heterocycles. The Kier molecular flexibility index (Phi) is 3.59. The van der Waals surface area contributed by atoms with Gasteiger partial charge in [0, 0.05) is 17.3 Å². The number of anilines is 1. The molecule has 0 unspecified atom stereocenters. The number of nitrogen functional groups attached to an aromatic ring is 1. The molecule has 7 heteroatoms. The zero-order chi connectivity index (χ0) is 15.8. The Morgan fingerprint density at radius 3 is 2.43 bits per heavy atom. The van der Waals surface area contributed by atoms with Crippen LogP contribution in [-0.2, 0) is 6.18 Å². The first-order chi connectivity index (χ1) is 9.74. The predicted octanol–water partition coefficient (Wildman–Crippen LogP) is 3.36. The number of rotatable bonds is 2. The molecule has 0 aliphatic carbocycles. The summed E-state index contributed by atoms with van der Waals surface area (Å²) < 4.78 is 38.0. The molecule has 0 atom stereocenters. The normalized spacial score (nSPS) is 11.4. The molecule has 0 aliphatic rings. The average Bonchev–Trinajstić information content (AvgIpc) is 2.37. The van der Waals surface area contributed by atoms with E-state index in [2.05, 4.69) is 4.98 Å². The lowest BCUT2D eigenvalue weighted by Gasteiger charge is -2.13. The van der Waals surface area contributed by atoms with E-state index < -0.39 is 17.5 Å². The van der Waals surface area contributed by atoms with Gasteiger partial charge in [0.25, 0.3) is 0 Å². The lowest BCUT2D eigenvalue weighted by Crippen LogP contribution is -2.06. The van der Waals surface area contributed by atoms with E-state index in [1.54, 1.807) is 0 Å². The van der Waals surface area contributed by atoms with Crippen molar-refractivity contribution >= 4 is 12.0 Å². The summed E-state index contributed by atoms with van der Waals surface area (Å²) >= 11 is 0. The zero-order valence-corrected chi connectivity index (χ0v) is 11.0. The first-order valence-electron chi connectivity index (χ1n) is 5.92. The minimum Gasteiger partial charge on any atom is -0.507 e. The Labute approximate surface area is 118 Å². The molecule has 0 radical (unpaired) electrons.